The number of fused-ring (bicyclic) bond motifs is 1. The van der Waals surface area contributed by atoms with Crippen molar-refractivity contribution in [2.45, 2.75) is 26.8 Å². The summed E-state index contributed by atoms with van der Waals surface area (Å²) < 4.78 is 29.7. The van der Waals surface area contributed by atoms with Crippen LogP contribution in [0.25, 0.3) is 16.7 Å². The first-order valence-corrected chi connectivity index (χ1v) is 10.3. The Hall–Kier alpha value is -3.69. The van der Waals surface area contributed by atoms with Crippen LogP contribution < -0.4 is 10.5 Å². The Morgan fingerprint density at radius 2 is 1.84 bits per heavy atom. The molecule has 0 atom stereocenters. The number of halogens is 2. The summed E-state index contributed by atoms with van der Waals surface area (Å²) in [5.41, 5.74) is 2.10. The molecule has 0 spiro atoms. The van der Waals surface area contributed by atoms with Crippen LogP contribution in [-0.2, 0) is 6.54 Å². The molecule has 32 heavy (non-hydrogen) atoms. The van der Waals surface area contributed by atoms with E-state index in [4.69, 9.17) is 0 Å². The second kappa shape index (κ2) is 7.77. The van der Waals surface area contributed by atoms with Crippen molar-refractivity contribution in [2.75, 3.05) is 18.0 Å². The number of hydrogen-bond acceptors (Lipinski definition) is 6. The molecule has 4 heterocycles. The lowest BCUT2D eigenvalue weighted by atomic mass is 9.99. The Balaban J connectivity index is 1.37. The molecule has 1 aromatic carbocycles. The number of anilines is 1. The lowest BCUT2D eigenvalue weighted by Gasteiger charge is -2.40. The summed E-state index contributed by atoms with van der Waals surface area (Å²) in [7, 11) is 0. The number of hydrogen-bond donors (Lipinski definition) is 0. The fraction of sp³-hybridized carbons (Fsp3) is 0.318. The largest absolute Gasteiger partial charge is 0.355 e. The van der Waals surface area contributed by atoms with Crippen LogP contribution in [0, 0.1) is 19.8 Å². The van der Waals surface area contributed by atoms with Crippen molar-refractivity contribution < 1.29 is 8.78 Å². The maximum absolute atomic E-state index is 13.3. The van der Waals surface area contributed by atoms with Gasteiger partial charge in [-0.25, -0.2) is 28.1 Å². The summed E-state index contributed by atoms with van der Waals surface area (Å²) in [4.78, 5) is 22.4. The predicted octanol–water partition coefficient (Wildman–Crippen LogP) is 3.06. The smallest absolute Gasteiger partial charge is 0.297 e. The van der Waals surface area contributed by atoms with Gasteiger partial charge in [0.15, 0.2) is 11.6 Å². The van der Waals surface area contributed by atoms with Crippen LogP contribution in [0.15, 0.2) is 47.3 Å². The van der Waals surface area contributed by atoms with Gasteiger partial charge in [0, 0.05) is 36.2 Å². The van der Waals surface area contributed by atoms with Gasteiger partial charge in [-0.3, -0.25) is 4.79 Å². The molecular formula is C22H21F2N7O. The molecule has 1 fully saturated rings. The molecule has 4 aromatic rings. The molecule has 0 unspecified atom stereocenters. The van der Waals surface area contributed by atoms with Gasteiger partial charge in [0.25, 0.3) is 12.0 Å². The van der Waals surface area contributed by atoms with Gasteiger partial charge in [-0.05, 0) is 38.1 Å². The minimum absolute atomic E-state index is 0.139. The van der Waals surface area contributed by atoms with Gasteiger partial charge in [0.05, 0.1) is 17.8 Å². The number of rotatable bonds is 5. The number of nitrogens with zero attached hydrogens (tertiary/aromatic N) is 7. The Bertz CT molecular complexity index is 1360. The van der Waals surface area contributed by atoms with E-state index in [1.54, 1.807) is 22.9 Å². The molecule has 1 saturated heterocycles. The molecule has 3 aromatic heterocycles. The first-order valence-electron chi connectivity index (χ1n) is 10.3. The SMILES string of the molecule is Cc1cc(C)n(-c2ccc(=O)n(CC3CN(c4nc(C(F)F)nc5ccccc45)C3)n2)n1. The van der Waals surface area contributed by atoms with Crippen molar-refractivity contribution >= 4 is 16.7 Å². The predicted molar refractivity (Wildman–Crippen MR) is 115 cm³/mol. The number of para-hydroxylation sites is 1. The van der Waals surface area contributed by atoms with Crippen molar-refractivity contribution in [2.24, 2.45) is 5.92 Å². The number of aryl methyl sites for hydroxylation is 2. The van der Waals surface area contributed by atoms with Gasteiger partial charge in [-0.15, -0.1) is 5.10 Å². The van der Waals surface area contributed by atoms with Gasteiger partial charge in [-0.2, -0.15) is 5.10 Å². The van der Waals surface area contributed by atoms with Crippen LogP contribution in [-0.4, -0.2) is 42.6 Å². The van der Waals surface area contributed by atoms with Crippen LogP contribution >= 0.6 is 0 Å². The van der Waals surface area contributed by atoms with Crippen LogP contribution in [0.4, 0.5) is 14.6 Å². The van der Waals surface area contributed by atoms with Gasteiger partial charge in [0.1, 0.15) is 5.82 Å². The summed E-state index contributed by atoms with van der Waals surface area (Å²) in [5.74, 6) is 0.742. The highest BCUT2D eigenvalue weighted by atomic mass is 19.3. The molecule has 1 aliphatic rings. The monoisotopic (exact) mass is 437 g/mol. The lowest BCUT2D eigenvalue weighted by molar-refractivity contribution is 0.140. The maximum atomic E-state index is 13.3. The highest BCUT2D eigenvalue weighted by molar-refractivity contribution is 5.89. The van der Waals surface area contributed by atoms with Crippen molar-refractivity contribution in [1.29, 1.82) is 0 Å². The van der Waals surface area contributed by atoms with Gasteiger partial charge in [-0.1, -0.05) is 12.1 Å². The van der Waals surface area contributed by atoms with Gasteiger partial charge < -0.3 is 4.90 Å². The minimum Gasteiger partial charge on any atom is -0.355 e. The molecule has 0 saturated carbocycles. The van der Waals surface area contributed by atoms with Crippen LogP contribution in [0.5, 0.6) is 0 Å². The second-order valence-electron chi connectivity index (χ2n) is 8.05. The summed E-state index contributed by atoms with van der Waals surface area (Å²) in [6.45, 7) is 5.43. The molecule has 8 nitrogen and oxygen atoms in total. The van der Waals surface area contributed by atoms with Crippen molar-refractivity contribution in [3.05, 3.63) is 70.0 Å². The zero-order valence-corrected chi connectivity index (χ0v) is 17.6. The highest BCUT2D eigenvalue weighted by Gasteiger charge is 2.31. The summed E-state index contributed by atoms with van der Waals surface area (Å²) in [5, 5.41) is 9.64. The number of aromatic nitrogens is 6. The van der Waals surface area contributed by atoms with E-state index in [1.807, 2.05) is 36.9 Å². The number of benzene rings is 1. The molecule has 0 radical (unpaired) electrons. The summed E-state index contributed by atoms with van der Waals surface area (Å²) >= 11 is 0. The van der Waals surface area contributed by atoms with E-state index in [1.165, 1.54) is 10.7 Å². The molecule has 1 aliphatic heterocycles. The van der Waals surface area contributed by atoms with E-state index >= 15 is 0 Å². The molecule has 0 bridgehead atoms. The number of alkyl halides is 2. The zero-order valence-electron chi connectivity index (χ0n) is 17.6. The maximum Gasteiger partial charge on any atom is 0.297 e. The van der Waals surface area contributed by atoms with E-state index in [0.717, 1.165) is 16.8 Å². The van der Waals surface area contributed by atoms with E-state index in [0.29, 0.717) is 36.8 Å². The van der Waals surface area contributed by atoms with E-state index in [9.17, 15) is 13.6 Å². The molecule has 0 amide bonds. The molecule has 5 rings (SSSR count). The Morgan fingerprint density at radius 3 is 2.56 bits per heavy atom. The van der Waals surface area contributed by atoms with Crippen LogP contribution in [0.1, 0.15) is 23.6 Å². The standard InChI is InChI=1S/C22H21F2N7O/c1-13-9-14(2)31(27-13)18-7-8-19(32)30(28-18)12-15-10-29(11-15)22-16-5-3-4-6-17(16)25-21(26-22)20(23)24/h3-9,15,20H,10-12H2,1-2H3. The highest BCUT2D eigenvalue weighted by Crippen LogP contribution is 2.31. The van der Waals surface area contributed by atoms with E-state index < -0.39 is 12.2 Å². The fourth-order valence-electron chi connectivity index (χ4n) is 4.06. The molecule has 10 heteroatoms. The molecular weight excluding hydrogens is 416 g/mol. The fourth-order valence-corrected chi connectivity index (χ4v) is 4.06. The third-order valence-corrected chi connectivity index (χ3v) is 5.56. The Labute approximate surface area is 182 Å². The topological polar surface area (TPSA) is 81.7 Å². The normalized spacial score (nSPS) is 14.3. The van der Waals surface area contributed by atoms with Gasteiger partial charge >= 0.3 is 0 Å². The van der Waals surface area contributed by atoms with E-state index in [-0.39, 0.29) is 11.5 Å². The second-order valence-corrected chi connectivity index (χ2v) is 8.05. The van der Waals surface area contributed by atoms with Crippen molar-refractivity contribution in [3.8, 4) is 5.82 Å². The van der Waals surface area contributed by atoms with E-state index in [2.05, 4.69) is 20.2 Å². The molecule has 164 valence electrons. The average molecular weight is 437 g/mol. The summed E-state index contributed by atoms with van der Waals surface area (Å²) in [6.07, 6.45) is -2.74. The third-order valence-electron chi connectivity index (χ3n) is 5.56. The first-order chi connectivity index (χ1) is 15.4. The van der Waals surface area contributed by atoms with Crippen molar-refractivity contribution in [3.63, 3.8) is 0 Å². The lowest BCUT2D eigenvalue weighted by Crippen LogP contribution is -2.50. The molecule has 0 N–H and O–H groups in total. The van der Waals surface area contributed by atoms with Crippen LogP contribution in [0.3, 0.4) is 0 Å². The minimum atomic E-state index is -2.74. The first kappa shape index (κ1) is 20.2. The van der Waals surface area contributed by atoms with Crippen LogP contribution in [0.2, 0.25) is 0 Å². The third kappa shape index (κ3) is 3.61. The van der Waals surface area contributed by atoms with Gasteiger partial charge in [0.2, 0.25) is 0 Å². The Morgan fingerprint density at radius 1 is 1.06 bits per heavy atom. The average Bonchev–Trinajstić information content (AvgIpc) is 3.08. The quantitative estimate of drug-likeness (QED) is 0.477. The summed E-state index contributed by atoms with van der Waals surface area (Å²) in [6, 6.07) is 12.2. The molecule has 0 aliphatic carbocycles. The Kier molecular flexibility index (Phi) is 4.91. The zero-order chi connectivity index (χ0) is 22.4. The van der Waals surface area contributed by atoms with Crippen molar-refractivity contribution in [1.82, 2.24) is 29.5 Å².